The summed E-state index contributed by atoms with van der Waals surface area (Å²) in [5.41, 5.74) is 6.01. The van der Waals surface area contributed by atoms with Crippen molar-refractivity contribution in [1.82, 2.24) is 4.90 Å². The third kappa shape index (κ3) is 4.81. The summed E-state index contributed by atoms with van der Waals surface area (Å²) >= 11 is 0. The molecule has 2 N–H and O–H groups in total. The number of ether oxygens (including phenoxy) is 1. The van der Waals surface area contributed by atoms with Crippen molar-refractivity contribution in [3.63, 3.8) is 0 Å². The van der Waals surface area contributed by atoms with Crippen LogP contribution in [0.15, 0.2) is 0 Å². The second kappa shape index (κ2) is 6.58. The number of rotatable bonds is 6. The topological polar surface area (TPSA) is 38.5 Å². The number of nitrogens with two attached hydrogens (primary N) is 1. The van der Waals surface area contributed by atoms with E-state index in [0.717, 1.165) is 32.7 Å². The average Bonchev–Trinajstić information content (AvgIpc) is 2.26. The summed E-state index contributed by atoms with van der Waals surface area (Å²) in [6.45, 7) is 11.7. The molecule has 3 nitrogen and oxygen atoms in total. The Morgan fingerprint density at radius 3 is 2.81 bits per heavy atom. The molecule has 0 radical (unpaired) electrons. The van der Waals surface area contributed by atoms with Crippen LogP contribution < -0.4 is 5.73 Å². The molecule has 1 aliphatic rings. The maximum atomic E-state index is 5.84. The third-order valence-electron chi connectivity index (χ3n) is 3.22. The number of nitrogens with zero attached hydrogens (tertiary/aromatic N) is 1. The molecule has 16 heavy (non-hydrogen) atoms. The molecule has 0 amide bonds. The van der Waals surface area contributed by atoms with E-state index in [1.165, 1.54) is 19.4 Å². The van der Waals surface area contributed by atoms with Crippen LogP contribution in [0.3, 0.4) is 0 Å². The van der Waals surface area contributed by atoms with Crippen molar-refractivity contribution in [2.45, 2.75) is 46.1 Å². The van der Waals surface area contributed by atoms with Crippen LogP contribution in [0.1, 0.15) is 40.0 Å². The van der Waals surface area contributed by atoms with E-state index in [1.54, 1.807) is 0 Å². The SMILES string of the molecule is CCCOC1CCCN(CC(C)(C)CN)C1. The lowest BCUT2D eigenvalue weighted by molar-refractivity contribution is -0.00830. The summed E-state index contributed by atoms with van der Waals surface area (Å²) in [6.07, 6.45) is 4.04. The van der Waals surface area contributed by atoms with Gasteiger partial charge < -0.3 is 15.4 Å². The van der Waals surface area contributed by atoms with E-state index < -0.39 is 0 Å². The van der Waals surface area contributed by atoms with Crippen molar-refractivity contribution in [1.29, 1.82) is 0 Å². The molecule has 1 fully saturated rings. The van der Waals surface area contributed by atoms with Crippen molar-refractivity contribution >= 4 is 0 Å². The summed E-state index contributed by atoms with van der Waals surface area (Å²) in [5, 5.41) is 0. The number of hydrogen-bond acceptors (Lipinski definition) is 3. The summed E-state index contributed by atoms with van der Waals surface area (Å²) in [5.74, 6) is 0. The summed E-state index contributed by atoms with van der Waals surface area (Å²) in [7, 11) is 0. The lowest BCUT2D eigenvalue weighted by Crippen LogP contribution is -2.46. The molecule has 1 heterocycles. The molecule has 1 rings (SSSR count). The van der Waals surface area contributed by atoms with Crippen LogP contribution in [0.2, 0.25) is 0 Å². The number of hydrogen-bond donors (Lipinski definition) is 1. The van der Waals surface area contributed by atoms with E-state index in [0.29, 0.717) is 6.10 Å². The van der Waals surface area contributed by atoms with Crippen LogP contribution in [0.25, 0.3) is 0 Å². The molecule has 1 saturated heterocycles. The summed E-state index contributed by atoms with van der Waals surface area (Å²) in [6, 6.07) is 0. The zero-order valence-corrected chi connectivity index (χ0v) is 11.2. The van der Waals surface area contributed by atoms with Gasteiger partial charge in [0.2, 0.25) is 0 Å². The lowest BCUT2D eigenvalue weighted by Gasteiger charge is -2.37. The van der Waals surface area contributed by atoms with Crippen LogP contribution >= 0.6 is 0 Å². The first-order valence-electron chi connectivity index (χ1n) is 6.61. The van der Waals surface area contributed by atoms with Crippen LogP contribution in [-0.4, -0.2) is 43.8 Å². The molecule has 0 aromatic carbocycles. The van der Waals surface area contributed by atoms with Gasteiger partial charge in [-0.1, -0.05) is 20.8 Å². The van der Waals surface area contributed by atoms with Crippen LogP contribution in [0, 0.1) is 5.41 Å². The van der Waals surface area contributed by atoms with Crippen LogP contribution in [0.4, 0.5) is 0 Å². The molecule has 3 heteroatoms. The van der Waals surface area contributed by atoms with Gasteiger partial charge in [0.1, 0.15) is 0 Å². The highest BCUT2D eigenvalue weighted by molar-refractivity contribution is 4.80. The highest BCUT2D eigenvalue weighted by Crippen LogP contribution is 2.20. The summed E-state index contributed by atoms with van der Waals surface area (Å²) in [4.78, 5) is 2.51. The van der Waals surface area contributed by atoms with E-state index in [-0.39, 0.29) is 5.41 Å². The Balaban J connectivity index is 2.32. The second-order valence-corrected chi connectivity index (χ2v) is 5.74. The lowest BCUT2D eigenvalue weighted by atomic mass is 9.92. The van der Waals surface area contributed by atoms with Crippen molar-refractivity contribution in [2.24, 2.45) is 11.1 Å². The second-order valence-electron chi connectivity index (χ2n) is 5.74. The Labute approximate surface area is 100 Å². The Morgan fingerprint density at radius 1 is 1.44 bits per heavy atom. The quantitative estimate of drug-likeness (QED) is 0.754. The zero-order valence-electron chi connectivity index (χ0n) is 11.2. The Kier molecular flexibility index (Phi) is 5.73. The minimum Gasteiger partial charge on any atom is -0.377 e. The van der Waals surface area contributed by atoms with E-state index in [9.17, 15) is 0 Å². The molecule has 0 aromatic heterocycles. The predicted molar refractivity (Wildman–Crippen MR) is 68.5 cm³/mol. The Hall–Kier alpha value is -0.120. The zero-order chi connectivity index (χ0) is 12.0. The van der Waals surface area contributed by atoms with Gasteiger partial charge >= 0.3 is 0 Å². The third-order valence-corrected chi connectivity index (χ3v) is 3.22. The van der Waals surface area contributed by atoms with Gasteiger partial charge in [-0.25, -0.2) is 0 Å². The monoisotopic (exact) mass is 228 g/mol. The molecule has 1 aliphatic heterocycles. The minimum atomic E-state index is 0.229. The first-order valence-corrected chi connectivity index (χ1v) is 6.61. The molecule has 0 aliphatic carbocycles. The van der Waals surface area contributed by atoms with Gasteiger partial charge in [0, 0.05) is 19.7 Å². The average molecular weight is 228 g/mol. The molecule has 0 saturated carbocycles. The Bertz CT molecular complexity index is 194. The molecule has 1 unspecified atom stereocenters. The largest absolute Gasteiger partial charge is 0.377 e. The molecule has 0 spiro atoms. The van der Waals surface area contributed by atoms with E-state index in [4.69, 9.17) is 10.5 Å². The molecule has 96 valence electrons. The molecular weight excluding hydrogens is 200 g/mol. The first-order chi connectivity index (χ1) is 7.57. The number of likely N-dealkylation sites (tertiary alicyclic amines) is 1. The van der Waals surface area contributed by atoms with Gasteiger partial charge in [0.25, 0.3) is 0 Å². The molecule has 0 bridgehead atoms. The van der Waals surface area contributed by atoms with E-state index >= 15 is 0 Å². The fraction of sp³-hybridized carbons (Fsp3) is 1.00. The normalized spacial score (nSPS) is 23.6. The van der Waals surface area contributed by atoms with Crippen molar-refractivity contribution < 1.29 is 4.74 Å². The Morgan fingerprint density at radius 2 is 2.19 bits per heavy atom. The van der Waals surface area contributed by atoms with Gasteiger partial charge in [-0.05, 0) is 37.8 Å². The van der Waals surface area contributed by atoms with Gasteiger partial charge in [-0.2, -0.15) is 0 Å². The molecule has 0 aromatic rings. The van der Waals surface area contributed by atoms with Crippen LogP contribution in [-0.2, 0) is 4.74 Å². The smallest absolute Gasteiger partial charge is 0.0702 e. The van der Waals surface area contributed by atoms with Gasteiger partial charge in [0.05, 0.1) is 6.10 Å². The van der Waals surface area contributed by atoms with Crippen molar-refractivity contribution in [3.8, 4) is 0 Å². The van der Waals surface area contributed by atoms with Crippen molar-refractivity contribution in [2.75, 3.05) is 32.8 Å². The highest BCUT2D eigenvalue weighted by atomic mass is 16.5. The maximum Gasteiger partial charge on any atom is 0.0702 e. The summed E-state index contributed by atoms with van der Waals surface area (Å²) < 4.78 is 5.84. The van der Waals surface area contributed by atoms with E-state index in [1.807, 2.05) is 0 Å². The fourth-order valence-electron chi connectivity index (χ4n) is 2.25. The molecular formula is C13H28N2O. The standard InChI is InChI=1S/C13H28N2O/c1-4-8-16-12-6-5-7-15(9-12)11-13(2,3)10-14/h12H,4-11,14H2,1-3H3. The maximum absolute atomic E-state index is 5.84. The highest BCUT2D eigenvalue weighted by Gasteiger charge is 2.25. The van der Waals surface area contributed by atoms with Gasteiger partial charge in [-0.3, -0.25) is 0 Å². The van der Waals surface area contributed by atoms with Crippen molar-refractivity contribution in [3.05, 3.63) is 0 Å². The number of piperidine rings is 1. The van der Waals surface area contributed by atoms with E-state index in [2.05, 4.69) is 25.7 Å². The first kappa shape index (κ1) is 13.9. The van der Waals surface area contributed by atoms with Crippen LogP contribution in [0.5, 0.6) is 0 Å². The predicted octanol–water partition coefficient (Wildman–Crippen LogP) is 1.86. The molecule has 1 atom stereocenters. The van der Waals surface area contributed by atoms with Gasteiger partial charge in [0.15, 0.2) is 0 Å². The van der Waals surface area contributed by atoms with Gasteiger partial charge in [-0.15, -0.1) is 0 Å². The minimum absolute atomic E-state index is 0.229. The fourth-order valence-corrected chi connectivity index (χ4v) is 2.25.